The Bertz CT molecular complexity index is 789. The summed E-state index contributed by atoms with van der Waals surface area (Å²) in [5.41, 5.74) is 0.735. The first-order valence-electron chi connectivity index (χ1n) is 10.7. The number of amides is 4. The second kappa shape index (κ2) is 8.17. The fraction of sp³-hybridized carbons (Fsp3) is 0.609. The predicted molar refractivity (Wildman–Crippen MR) is 112 cm³/mol. The van der Waals surface area contributed by atoms with Crippen molar-refractivity contribution >= 4 is 17.8 Å². The van der Waals surface area contributed by atoms with E-state index in [1.54, 1.807) is 6.92 Å². The first-order valence-corrected chi connectivity index (χ1v) is 10.7. The van der Waals surface area contributed by atoms with Gasteiger partial charge in [-0.25, -0.2) is 4.79 Å². The minimum Gasteiger partial charge on any atom is -0.352 e. The number of rotatable bonds is 5. The largest absolute Gasteiger partial charge is 0.352 e. The van der Waals surface area contributed by atoms with E-state index in [1.165, 1.54) is 12.0 Å². The van der Waals surface area contributed by atoms with Gasteiger partial charge < -0.3 is 10.6 Å². The normalized spacial score (nSPS) is 29.9. The topological polar surface area (TPSA) is 78.5 Å². The summed E-state index contributed by atoms with van der Waals surface area (Å²) in [6.45, 7) is 10.0. The Morgan fingerprint density at radius 1 is 1.21 bits per heavy atom. The van der Waals surface area contributed by atoms with Gasteiger partial charge in [0.1, 0.15) is 12.1 Å². The third-order valence-electron chi connectivity index (χ3n) is 6.78. The van der Waals surface area contributed by atoms with Crippen LogP contribution < -0.4 is 10.6 Å². The minimum absolute atomic E-state index is 0.0991. The van der Waals surface area contributed by atoms with Crippen LogP contribution in [-0.4, -0.2) is 35.3 Å². The van der Waals surface area contributed by atoms with Gasteiger partial charge in [0.2, 0.25) is 5.91 Å². The highest BCUT2D eigenvalue weighted by atomic mass is 16.2. The van der Waals surface area contributed by atoms with E-state index in [0.717, 1.165) is 23.3 Å². The fourth-order valence-electron chi connectivity index (χ4n) is 4.42. The lowest BCUT2D eigenvalue weighted by Gasteiger charge is -2.34. The summed E-state index contributed by atoms with van der Waals surface area (Å²) < 4.78 is 0. The minimum atomic E-state index is -1.15. The summed E-state index contributed by atoms with van der Waals surface area (Å²) in [5.74, 6) is 0.665. The van der Waals surface area contributed by atoms with E-state index >= 15 is 0 Å². The summed E-state index contributed by atoms with van der Waals surface area (Å²) >= 11 is 0. The first kappa shape index (κ1) is 21.3. The molecule has 0 aromatic heterocycles. The van der Waals surface area contributed by atoms with Gasteiger partial charge in [0, 0.05) is 6.04 Å². The predicted octanol–water partition coefficient (Wildman–Crippen LogP) is 3.52. The molecule has 6 heteroatoms. The first-order chi connectivity index (χ1) is 13.6. The zero-order chi connectivity index (χ0) is 21.3. The van der Waals surface area contributed by atoms with Crippen molar-refractivity contribution in [2.45, 2.75) is 71.4 Å². The summed E-state index contributed by atoms with van der Waals surface area (Å²) in [6.07, 6.45) is 3.20. The molecule has 4 atom stereocenters. The molecule has 1 saturated heterocycles. The second-order valence-electron chi connectivity index (χ2n) is 9.16. The maximum absolute atomic E-state index is 13.1. The van der Waals surface area contributed by atoms with Crippen molar-refractivity contribution in [3.8, 4) is 0 Å². The molecule has 2 N–H and O–H groups in total. The molecule has 1 aromatic rings. The standard InChI is InChI=1S/C23H33N3O3/c1-14(2)17-9-11-18(12-10-17)23(5)21(28)26(22(29)25-23)13-20(27)24-19-8-6-7-15(3)16(19)4/h9-12,14-16,19H,6-8,13H2,1-5H3,(H,24,27)(H,25,29)/t15-,16-,19+,23-/m1/s1. The molecular formula is C23H33N3O3. The van der Waals surface area contributed by atoms with Crippen molar-refractivity contribution in [3.63, 3.8) is 0 Å². The Hall–Kier alpha value is -2.37. The quantitative estimate of drug-likeness (QED) is 0.744. The molecule has 2 fully saturated rings. The molecule has 1 aliphatic heterocycles. The van der Waals surface area contributed by atoms with E-state index in [1.807, 2.05) is 24.3 Å². The summed E-state index contributed by atoms with van der Waals surface area (Å²) in [7, 11) is 0. The molecule has 6 nitrogen and oxygen atoms in total. The van der Waals surface area contributed by atoms with Crippen LogP contribution in [0.3, 0.4) is 0 Å². The highest BCUT2D eigenvalue weighted by Crippen LogP contribution is 2.31. The van der Waals surface area contributed by atoms with Crippen molar-refractivity contribution < 1.29 is 14.4 Å². The number of imide groups is 1. The van der Waals surface area contributed by atoms with Crippen LogP contribution in [0.4, 0.5) is 4.79 Å². The van der Waals surface area contributed by atoms with Crippen LogP contribution in [0.1, 0.15) is 70.9 Å². The molecule has 29 heavy (non-hydrogen) atoms. The van der Waals surface area contributed by atoms with E-state index in [-0.39, 0.29) is 24.4 Å². The third-order valence-corrected chi connectivity index (χ3v) is 6.78. The van der Waals surface area contributed by atoms with Crippen molar-refractivity contribution in [1.29, 1.82) is 0 Å². The van der Waals surface area contributed by atoms with Crippen LogP contribution in [-0.2, 0) is 15.1 Å². The van der Waals surface area contributed by atoms with E-state index in [2.05, 4.69) is 38.3 Å². The third kappa shape index (κ3) is 4.16. The fourth-order valence-corrected chi connectivity index (χ4v) is 4.42. The van der Waals surface area contributed by atoms with Crippen LogP contribution in [0.2, 0.25) is 0 Å². The van der Waals surface area contributed by atoms with Crippen molar-refractivity contribution in [1.82, 2.24) is 15.5 Å². The van der Waals surface area contributed by atoms with Gasteiger partial charge in [-0.05, 0) is 42.2 Å². The molecule has 0 radical (unpaired) electrons. The SMILES string of the molecule is CC(C)c1ccc([C@@]2(C)NC(=O)N(CC(=O)N[C@H]3CCC[C@@H](C)[C@H]3C)C2=O)cc1. The number of hydrogen-bond donors (Lipinski definition) is 2. The molecule has 1 aliphatic carbocycles. The average Bonchev–Trinajstić information content (AvgIpc) is 2.89. The van der Waals surface area contributed by atoms with Crippen LogP contribution in [0.5, 0.6) is 0 Å². The molecule has 0 spiro atoms. The van der Waals surface area contributed by atoms with Crippen LogP contribution >= 0.6 is 0 Å². The highest BCUT2D eigenvalue weighted by molar-refractivity contribution is 6.09. The Balaban J connectivity index is 1.69. The molecule has 1 saturated carbocycles. The number of nitrogens with one attached hydrogen (secondary N) is 2. The van der Waals surface area contributed by atoms with E-state index in [0.29, 0.717) is 17.8 Å². The second-order valence-corrected chi connectivity index (χ2v) is 9.16. The molecule has 1 aromatic carbocycles. The van der Waals surface area contributed by atoms with Gasteiger partial charge in [0.15, 0.2) is 0 Å². The van der Waals surface area contributed by atoms with Crippen molar-refractivity contribution in [2.75, 3.05) is 6.54 Å². The van der Waals surface area contributed by atoms with Crippen LogP contribution in [0.15, 0.2) is 24.3 Å². The summed E-state index contributed by atoms with van der Waals surface area (Å²) in [6, 6.07) is 7.29. The number of carbonyl (C=O) groups is 3. The Morgan fingerprint density at radius 2 is 1.86 bits per heavy atom. The number of hydrogen-bond acceptors (Lipinski definition) is 3. The maximum atomic E-state index is 13.1. The molecule has 1 heterocycles. The van der Waals surface area contributed by atoms with Gasteiger partial charge >= 0.3 is 6.03 Å². The lowest BCUT2D eigenvalue weighted by Crippen LogP contribution is -2.48. The number of carbonyl (C=O) groups excluding carboxylic acids is 3. The number of nitrogens with zero attached hydrogens (tertiary/aromatic N) is 1. The van der Waals surface area contributed by atoms with Crippen LogP contribution in [0.25, 0.3) is 0 Å². The smallest absolute Gasteiger partial charge is 0.325 e. The van der Waals surface area contributed by atoms with Crippen LogP contribution in [0, 0.1) is 11.8 Å². The average molecular weight is 400 g/mol. The Morgan fingerprint density at radius 3 is 2.48 bits per heavy atom. The number of benzene rings is 1. The molecule has 0 bridgehead atoms. The Kier molecular flexibility index (Phi) is 6.01. The lowest BCUT2D eigenvalue weighted by atomic mass is 9.78. The molecule has 0 unspecified atom stereocenters. The maximum Gasteiger partial charge on any atom is 0.325 e. The van der Waals surface area contributed by atoms with Gasteiger partial charge in [-0.1, -0.05) is 64.8 Å². The van der Waals surface area contributed by atoms with Gasteiger partial charge in [0.05, 0.1) is 0 Å². The molecule has 158 valence electrons. The molecule has 2 aliphatic rings. The number of urea groups is 1. The van der Waals surface area contributed by atoms with Crippen molar-refractivity contribution in [3.05, 3.63) is 35.4 Å². The van der Waals surface area contributed by atoms with E-state index in [4.69, 9.17) is 0 Å². The summed E-state index contributed by atoms with van der Waals surface area (Å²) in [4.78, 5) is 39.2. The molecule has 4 amide bonds. The van der Waals surface area contributed by atoms with Gasteiger partial charge in [-0.15, -0.1) is 0 Å². The van der Waals surface area contributed by atoms with Gasteiger partial charge in [0.25, 0.3) is 5.91 Å². The molecule has 3 rings (SSSR count). The zero-order valence-corrected chi connectivity index (χ0v) is 18.1. The zero-order valence-electron chi connectivity index (χ0n) is 18.1. The Labute approximate surface area is 173 Å². The molecular weight excluding hydrogens is 366 g/mol. The summed E-state index contributed by atoms with van der Waals surface area (Å²) in [5, 5.41) is 5.82. The monoisotopic (exact) mass is 399 g/mol. The lowest BCUT2D eigenvalue weighted by molar-refractivity contribution is -0.135. The highest BCUT2D eigenvalue weighted by Gasteiger charge is 2.49. The van der Waals surface area contributed by atoms with Crippen molar-refractivity contribution in [2.24, 2.45) is 11.8 Å². The van der Waals surface area contributed by atoms with E-state index < -0.39 is 11.6 Å². The van der Waals surface area contributed by atoms with Gasteiger partial charge in [-0.2, -0.15) is 0 Å². The van der Waals surface area contributed by atoms with Gasteiger partial charge in [-0.3, -0.25) is 14.5 Å². The van der Waals surface area contributed by atoms with E-state index in [9.17, 15) is 14.4 Å².